The van der Waals surface area contributed by atoms with Crippen molar-refractivity contribution in [1.82, 2.24) is 15.3 Å². The van der Waals surface area contributed by atoms with Gasteiger partial charge in [-0.1, -0.05) is 55.5 Å². The summed E-state index contributed by atoms with van der Waals surface area (Å²) in [5.41, 5.74) is 5.53. The Hall–Kier alpha value is -2.92. The van der Waals surface area contributed by atoms with Crippen LogP contribution < -0.4 is 14.8 Å². The van der Waals surface area contributed by atoms with Crippen LogP contribution >= 0.6 is 0 Å². The predicted octanol–water partition coefficient (Wildman–Crippen LogP) is 4.15. The van der Waals surface area contributed by atoms with Crippen molar-refractivity contribution in [3.05, 3.63) is 60.3 Å². The molecule has 0 aliphatic heterocycles. The Morgan fingerprint density at radius 1 is 0.889 bits per heavy atom. The number of aromatic nitrogens is 2. The highest BCUT2D eigenvalue weighted by atomic mass is 16.5. The lowest BCUT2D eigenvalue weighted by Gasteiger charge is -2.12. The molecule has 5 heteroatoms. The minimum atomic E-state index is 0.291. The Balaban J connectivity index is 1.83. The first-order valence-corrected chi connectivity index (χ1v) is 8.96. The van der Waals surface area contributed by atoms with Crippen LogP contribution in [0.25, 0.3) is 22.3 Å². The van der Waals surface area contributed by atoms with Crippen molar-refractivity contribution in [3.63, 3.8) is 0 Å². The molecule has 1 heterocycles. The molecule has 3 aromatic rings. The normalized spacial score (nSPS) is 11.9. The summed E-state index contributed by atoms with van der Waals surface area (Å²) in [5, 5.41) is 3.22. The average molecular weight is 363 g/mol. The number of rotatable bonds is 7. The lowest BCUT2D eigenvalue weighted by atomic mass is 9.96. The minimum Gasteiger partial charge on any atom is -0.480 e. The quantitative estimate of drug-likeness (QED) is 0.683. The fourth-order valence-electron chi connectivity index (χ4n) is 3.07. The topological polar surface area (TPSA) is 56.3 Å². The molecular formula is C22H25N3O2. The van der Waals surface area contributed by atoms with Gasteiger partial charge >= 0.3 is 6.01 Å². The third-order valence-electron chi connectivity index (χ3n) is 4.63. The molecule has 2 aromatic carbocycles. The number of ether oxygens (including phenoxy) is 2. The van der Waals surface area contributed by atoms with E-state index < -0.39 is 0 Å². The Kier molecular flexibility index (Phi) is 6.04. The number of nitrogens with one attached hydrogen (secondary N) is 1. The molecule has 0 bridgehead atoms. The Bertz CT molecular complexity index is 877. The second-order valence-electron chi connectivity index (χ2n) is 6.44. The summed E-state index contributed by atoms with van der Waals surface area (Å²) in [6, 6.07) is 17.4. The SMILES string of the molecule is CNCC(C)c1ccc(-c2ccc(-c3cnc(OC)nc3OC)cc2)cc1. The maximum absolute atomic E-state index is 5.38. The van der Waals surface area contributed by atoms with E-state index >= 15 is 0 Å². The van der Waals surface area contributed by atoms with Crippen molar-refractivity contribution < 1.29 is 9.47 Å². The van der Waals surface area contributed by atoms with Gasteiger partial charge in [-0.25, -0.2) is 4.98 Å². The number of nitrogens with zero attached hydrogens (tertiary/aromatic N) is 2. The fourth-order valence-corrected chi connectivity index (χ4v) is 3.07. The van der Waals surface area contributed by atoms with Crippen LogP contribution in [-0.4, -0.2) is 37.8 Å². The van der Waals surface area contributed by atoms with Gasteiger partial charge in [0, 0.05) is 12.7 Å². The predicted molar refractivity (Wildman–Crippen MR) is 108 cm³/mol. The molecule has 0 saturated heterocycles. The summed E-state index contributed by atoms with van der Waals surface area (Å²) in [4.78, 5) is 8.43. The number of benzene rings is 2. The van der Waals surface area contributed by atoms with E-state index in [2.05, 4.69) is 70.7 Å². The van der Waals surface area contributed by atoms with Gasteiger partial charge in [0.1, 0.15) is 0 Å². The first-order chi connectivity index (χ1) is 13.2. The molecule has 0 spiro atoms. The standard InChI is InChI=1S/C22H25N3O2/c1-15(13-23-2)16-5-7-17(8-6-16)18-9-11-19(12-10-18)20-14-24-22(27-4)25-21(20)26-3/h5-12,14-15,23H,13H2,1-4H3. The number of hydrogen-bond donors (Lipinski definition) is 1. The van der Waals surface area contributed by atoms with Crippen LogP contribution in [0.4, 0.5) is 0 Å². The van der Waals surface area contributed by atoms with Crippen LogP contribution in [0.3, 0.4) is 0 Å². The van der Waals surface area contributed by atoms with Crippen molar-refractivity contribution in [2.24, 2.45) is 0 Å². The lowest BCUT2D eigenvalue weighted by molar-refractivity contribution is 0.353. The highest BCUT2D eigenvalue weighted by Gasteiger charge is 2.11. The zero-order chi connectivity index (χ0) is 19.2. The Morgan fingerprint density at radius 3 is 2.04 bits per heavy atom. The molecule has 0 radical (unpaired) electrons. The summed E-state index contributed by atoms with van der Waals surface area (Å²) >= 11 is 0. The monoisotopic (exact) mass is 363 g/mol. The molecule has 27 heavy (non-hydrogen) atoms. The van der Waals surface area contributed by atoms with Crippen molar-refractivity contribution in [2.75, 3.05) is 27.8 Å². The van der Waals surface area contributed by atoms with Gasteiger partial charge in [-0.3, -0.25) is 0 Å². The van der Waals surface area contributed by atoms with Crippen LogP contribution in [0.1, 0.15) is 18.4 Å². The van der Waals surface area contributed by atoms with Gasteiger partial charge < -0.3 is 14.8 Å². The van der Waals surface area contributed by atoms with Crippen LogP contribution in [0.2, 0.25) is 0 Å². The molecule has 140 valence electrons. The number of likely N-dealkylation sites (N-methyl/N-ethyl adjacent to an activating group) is 1. The molecular weight excluding hydrogens is 338 g/mol. The van der Waals surface area contributed by atoms with E-state index in [1.54, 1.807) is 13.3 Å². The molecule has 3 rings (SSSR count). The van der Waals surface area contributed by atoms with E-state index in [-0.39, 0.29) is 0 Å². The molecule has 0 amide bonds. The average Bonchev–Trinajstić information content (AvgIpc) is 2.73. The van der Waals surface area contributed by atoms with Crippen molar-refractivity contribution in [3.8, 4) is 34.1 Å². The van der Waals surface area contributed by atoms with E-state index in [0.717, 1.165) is 17.7 Å². The molecule has 0 fully saturated rings. The van der Waals surface area contributed by atoms with Gasteiger partial charge in [-0.2, -0.15) is 4.98 Å². The zero-order valence-electron chi connectivity index (χ0n) is 16.2. The maximum atomic E-state index is 5.38. The van der Waals surface area contributed by atoms with Crippen LogP contribution in [0.15, 0.2) is 54.7 Å². The van der Waals surface area contributed by atoms with Crippen LogP contribution in [0.5, 0.6) is 11.9 Å². The second-order valence-corrected chi connectivity index (χ2v) is 6.44. The zero-order valence-corrected chi connectivity index (χ0v) is 16.2. The molecule has 1 atom stereocenters. The summed E-state index contributed by atoms with van der Waals surface area (Å²) in [7, 11) is 5.11. The van der Waals surface area contributed by atoms with E-state index in [1.807, 2.05) is 7.05 Å². The number of methoxy groups -OCH3 is 2. The summed E-state index contributed by atoms with van der Waals surface area (Å²) in [6.07, 6.45) is 1.72. The molecule has 0 saturated carbocycles. The van der Waals surface area contributed by atoms with E-state index in [4.69, 9.17) is 9.47 Å². The van der Waals surface area contributed by atoms with Crippen molar-refractivity contribution in [1.29, 1.82) is 0 Å². The Labute approximate surface area is 160 Å². The molecule has 0 aliphatic carbocycles. The third-order valence-corrected chi connectivity index (χ3v) is 4.63. The Morgan fingerprint density at radius 2 is 1.48 bits per heavy atom. The van der Waals surface area contributed by atoms with Crippen molar-refractivity contribution >= 4 is 0 Å². The van der Waals surface area contributed by atoms with Crippen LogP contribution in [0, 0.1) is 0 Å². The molecule has 0 aliphatic rings. The highest BCUT2D eigenvalue weighted by molar-refractivity contribution is 5.72. The van der Waals surface area contributed by atoms with E-state index in [0.29, 0.717) is 17.8 Å². The minimum absolute atomic E-state index is 0.291. The van der Waals surface area contributed by atoms with Gasteiger partial charge in [0.2, 0.25) is 5.88 Å². The molecule has 1 N–H and O–H groups in total. The largest absolute Gasteiger partial charge is 0.480 e. The number of hydrogen-bond acceptors (Lipinski definition) is 5. The molecule has 5 nitrogen and oxygen atoms in total. The third kappa shape index (κ3) is 4.26. The van der Waals surface area contributed by atoms with Crippen molar-refractivity contribution in [2.45, 2.75) is 12.8 Å². The van der Waals surface area contributed by atoms with E-state index in [1.165, 1.54) is 23.8 Å². The van der Waals surface area contributed by atoms with Gasteiger partial charge in [-0.15, -0.1) is 0 Å². The smallest absolute Gasteiger partial charge is 0.319 e. The van der Waals surface area contributed by atoms with Crippen LogP contribution in [-0.2, 0) is 0 Å². The summed E-state index contributed by atoms with van der Waals surface area (Å²) in [6.45, 7) is 3.20. The second kappa shape index (κ2) is 8.64. The summed E-state index contributed by atoms with van der Waals surface area (Å²) < 4.78 is 10.4. The van der Waals surface area contributed by atoms with E-state index in [9.17, 15) is 0 Å². The molecule has 1 unspecified atom stereocenters. The maximum Gasteiger partial charge on any atom is 0.319 e. The highest BCUT2D eigenvalue weighted by Crippen LogP contribution is 2.31. The first-order valence-electron chi connectivity index (χ1n) is 8.96. The first kappa shape index (κ1) is 18.9. The van der Waals surface area contributed by atoms with Gasteiger partial charge in [0.25, 0.3) is 0 Å². The van der Waals surface area contributed by atoms with Gasteiger partial charge in [-0.05, 0) is 35.2 Å². The molecule has 1 aromatic heterocycles. The lowest BCUT2D eigenvalue weighted by Crippen LogP contribution is -2.14. The van der Waals surface area contributed by atoms with Gasteiger partial charge in [0.05, 0.1) is 19.8 Å². The summed E-state index contributed by atoms with van der Waals surface area (Å²) in [5.74, 6) is 0.992. The van der Waals surface area contributed by atoms with Gasteiger partial charge in [0.15, 0.2) is 0 Å². The fraction of sp³-hybridized carbons (Fsp3) is 0.273.